The minimum Gasteiger partial charge on any atom is -0.461 e. The molecule has 0 radical (unpaired) electrons. The lowest BCUT2D eigenvalue weighted by Gasteiger charge is -2.35. The Balaban J connectivity index is 1.60. The summed E-state index contributed by atoms with van der Waals surface area (Å²) in [5.74, 6) is 0.945. The number of furan rings is 1. The van der Waals surface area contributed by atoms with Gasteiger partial charge in [0.1, 0.15) is 17.3 Å². The Labute approximate surface area is 147 Å². The van der Waals surface area contributed by atoms with Crippen molar-refractivity contribution in [1.29, 1.82) is 0 Å². The Morgan fingerprint density at radius 1 is 1.24 bits per heavy atom. The van der Waals surface area contributed by atoms with Gasteiger partial charge in [-0.05, 0) is 49.9 Å². The van der Waals surface area contributed by atoms with Crippen molar-refractivity contribution in [3.05, 3.63) is 48.0 Å². The average Bonchev–Trinajstić information content (AvgIpc) is 3.09. The topological polar surface area (TPSA) is 53.7 Å². The van der Waals surface area contributed by atoms with Gasteiger partial charge in [-0.3, -0.25) is 4.79 Å². The summed E-state index contributed by atoms with van der Waals surface area (Å²) in [5, 5.41) is 9.18. The highest BCUT2D eigenvalue weighted by atomic mass is 19.1. The lowest BCUT2D eigenvalue weighted by atomic mass is 9.99. The smallest absolute Gasteiger partial charge is 0.223 e. The van der Waals surface area contributed by atoms with Gasteiger partial charge in [-0.1, -0.05) is 12.1 Å². The molecule has 134 valence electrons. The molecule has 1 aliphatic heterocycles. The number of hydrogen-bond acceptors (Lipinski definition) is 3. The van der Waals surface area contributed by atoms with E-state index in [-0.39, 0.29) is 24.4 Å². The molecule has 1 N–H and O–H groups in total. The Hall–Kier alpha value is -2.14. The third kappa shape index (κ3) is 4.28. The minimum atomic E-state index is -0.320. The maximum absolute atomic E-state index is 13.8. The van der Waals surface area contributed by atoms with Gasteiger partial charge in [0.05, 0.1) is 5.56 Å². The van der Waals surface area contributed by atoms with Crippen molar-refractivity contribution in [2.75, 3.05) is 13.2 Å². The van der Waals surface area contributed by atoms with Crippen LogP contribution in [-0.2, 0) is 11.2 Å². The van der Waals surface area contributed by atoms with E-state index in [0.717, 1.165) is 25.8 Å². The van der Waals surface area contributed by atoms with Crippen LogP contribution < -0.4 is 0 Å². The monoisotopic (exact) mass is 345 g/mol. The molecule has 0 saturated carbocycles. The lowest BCUT2D eigenvalue weighted by Crippen LogP contribution is -2.44. The van der Waals surface area contributed by atoms with E-state index >= 15 is 0 Å². The first-order valence-electron chi connectivity index (χ1n) is 8.93. The highest BCUT2D eigenvalue weighted by Gasteiger charge is 2.26. The Morgan fingerprint density at radius 3 is 2.88 bits per heavy atom. The molecule has 0 spiro atoms. The molecule has 2 aromatic rings. The molecule has 4 nitrogen and oxygen atoms in total. The van der Waals surface area contributed by atoms with Gasteiger partial charge in [0.2, 0.25) is 5.91 Å². The summed E-state index contributed by atoms with van der Waals surface area (Å²) in [5.41, 5.74) is 0.430. The second-order valence-corrected chi connectivity index (χ2v) is 6.49. The van der Waals surface area contributed by atoms with E-state index in [1.807, 2.05) is 4.90 Å². The van der Waals surface area contributed by atoms with Crippen molar-refractivity contribution in [3.63, 3.8) is 0 Å². The fraction of sp³-hybridized carbons (Fsp3) is 0.450. The van der Waals surface area contributed by atoms with Crippen LogP contribution in [0.4, 0.5) is 4.39 Å². The maximum atomic E-state index is 13.8. The van der Waals surface area contributed by atoms with Gasteiger partial charge in [-0.2, -0.15) is 0 Å². The van der Waals surface area contributed by atoms with Gasteiger partial charge in [0.15, 0.2) is 0 Å². The summed E-state index contributed by atoms with van der Waals surface area (Å²) in [7, 11) is 0. The van der Waals surface area contributed by atoms with Crippen molar-refractivity contribution in [3.8, 4) is 11.3 Å². The van der Waals surface area contributed by atoms with E-state index in [1.54, 1.807) is 30.3 Å². The van der Waals surface area contributed by atoms with Crippen LogP contribution in [0.3, 0.4) is 0 Å². The number of aliphatic hydroxyl groups is 1. The zero-order valence-corrected chi connectivity index (χ0v) is 14.3. The van der Waals surface area contributed by atoms with E-state index in [2.05, 4.69) is 0 Å². The minimum absolute atomic E-state index is 0.0991. The predicted octanol–water partition coefficient (Wildman–Crippen LogP) is 3.78. The first-order valence-corrected chi connectivity index (χ1v) is 8.93. The van der Waals surface area contributed by atoms with E-state index < -0.39 is 0 Å². The third-order valence-corrected chi connectivity index (χ3v) is 4.80. The molecule has 25 heavy (non-hydrogen) atoms. The number of piperidine rings is 1. The van der Waals surface area contributed by atoms with Crippen LogP contribution in [-0.4, -0.2) is 35.1 Å². The van der Waals surface area contributed by atoms with Crippen molar-refractivity contribution in [1.82, 2.24) is 4.90 Å². The number of likely N-dealkylation sites (tertiary alicyclic amines) is 1. The molecule has 1 atom stereocenters. The lowest BCUT2D eigenvalue weighted by molar-refractivity contribution is -0.135. The van der Waals surface area contributed by atoms with Crippen LogP contribution >= 0.6 is 0 Å². The predicted molar refractivity (Wildman–Crippen MR) is 93.5 cm³/mol. The van der Waals surface area contributed by atoms with E-state index in [0.29, 0.717) is 36.3 Å². The molecule has 1 fully saturated rings. The van der Waals surface area contributed by atoms with Gasteiger partial charge in [-0.15, -0.1) is 0 Å². The third-order valence-electron chi connectivity index (χ3n) is 4.80. The fourth-order valence-corrected chi connectivity index (χ4v) is 3.47. The standard InChI is InChI=1S/C20H24FNO3/c21-18-7-2-1-6-17(18)19-10-8-16(25-19)9-11-20(24)22-13-4-3-5-15(22)12-14-23/h1-2,6-8,10,15,23H,3-5,9,11-14H2. The first-order chi connectivity index (χ1) is 12.2. The molecule has 0 aliphatic carbocycles. The second-order valence-electron chi connectivity index (χ2n) is 6.49. The molecule has 1 aromatic carbocycles. The van der Waals surface area contributed by atoms with Crippen LogP contribution in [0.1, 0.15) is 37.9 Å². The molecule has 1 unspecified atom stereocenters. The van der Waals surface area contributed by atoms with Crippen molar-refractivity contribution in [2.45, 2.75) is 44.6 Å². The quantitative estimate of drug-likeness (QED) is 0.867. The van der Waals surface area contributed by atoms with E-state index in [4.69, 9.17) is 4.42 Å². The number of aryl methyl sites for hydroxylation is 1. The number of carbonyl (C=O) groups excluding carboxylic acids is 1. The largest absolute Gasteiger partial charge is 0.461 e. The summed E-state index contributed by atoms with van der Waals surface area (Å²) in [6, 6.07) is 10.2. The summed E-state index contributed by atoms with van der Waals surface area (Å²) in [6.07, 6.45) is 4.60. The van der Waals surface area contributed by atoms with Gasteiger partial charge < -0.3 is 14.4 Å². The first kappa shape index (κ1) is 17.7. The van der Waals surface area contributed by atoms with Crippen molar-refractivity contribution < 1.29 is 18.7 Å². The van der Waals surface area contributed by atoms with Gasteiger partial charge in [0.25, 0.3) is 0 Å². The number of aliphatic hydroxyl groups excluding tert-OH is 1. The number of benzene rings is 1. The zero-order chi connectivity index (χ0) is 17.6. The Bertz CT molecular complexity index is 710. The SMILES string of the molecule is O=C(CCc1ccc(-c2ccccc2F)o1)N1CCCCC1CCO. The van der Waals surface area contributed by atoms with Crippen molar-refractivity contribution in [2.24, 2.45) is 0 Å². The molecule has 1 aliphatic rings. The molecule has 3 rings (SSSR count). The second kappa shape index (κ2) is 8.30. The van der Waals surface area contributed by atoms with Gasteiger partial charge >= 0.3 is 0 Å². The number of rotatable bonds is 6. The van der Waals surface area contributed by atoms with Crippen LogP contribution in [0.2, 0.25) is 0 Å². The van der Waals surface area contributed by atoms with E-state index in [1.165, 1.54) is 6.07 Å². The van der Waals surface area contributed by atoms with Crippen LogP contribution in [0.25, 0.3) is 11.3 Å². The zero-order valence-electron chi connectivity index (χ0n) is 14.3. The molecule has 1 aromatic heterocycles. The number of carbonyl (C=O) groups is 1. The normalized spacial score (nSPS) is 17.7. The molecule has 1 saturated heterocycles. The van der Waals surface area contributed by atoms with E-state index in [9.17, 15) is 14.3 Å². The number of hydrogen-bond donors (Lipinski definition) is 1. The van der Waals surface area contributed by atoms with Crippen LogP contribution in [0, 0.1) is 5.82 Å². The Morgan fingerprint density at radius 2 is 2.08 bits per heavy atom. The number of amides is 1. The fourth-order valence-electron chi connectivity index (χ4n) is 3.47. The highest BCUT2D eigenvalue weighted by Crippen LogP contribution is 2.26. The average molecular weight is 345 g/mol. The summed E-state index contributed by atoms with van der Waals surface area (Å²) >= 11 is 0. The summed E-state index contributed by atoms with van der Waals surface area (Å²) in [4.78, 5) is 14.4. The maximum Gasteiger partial charge on any atom is 0.223 e. The van der Waals surface area contributed by atoms with Gasteiger partial charge in [0, 0.05) is 32.0 Å². The molecular formula is C20H24FNO3. The van der Waals surface area contributed by atoms with Crippen molar-refractivity contribution >= 4 is 5.91 Å². The Kier molecular flexibility index (Phi) is 5.87. The van der Waals surface area contributed by atoms with Crippen LogP contribution in [0.15, 0.2) is 40.8 Å². The molecule has 0 bridgehead atoms. The molecule has 2 heterocycles. The summed E-state index contributed by atoms with van der Waals surface area (Å²) < 4.78 is 19.5. The summed E-state index contributed by atoms with van der Waals surface area (Å²) in [6.45, 7) is 0.876. The van der Waals surface area contributed by atoms with Gasteiger partial charge in [-0.25, -0.2) is 4.39 Å². The molecular weight excluding hydrogens is 321 g/mol. The number of halogens is 1. The number of nitrogens with zero attached hydrogens (tertiary/aromatic N) is 1. The van der Waals surface area contributed by atoms with Crippen LogP contribution in [0.5, 0.6) is 0 Å². The molecule has 1 amide bonds. The molecule has 5 heteroatoms. The highest BCUT2D eigenvalue weighted by molar-refractivity contribution is 5.76.